The van der Waals surface area contributed by atoms with Gasteiger partial charge in [-0.1, -0.05) is 11.6 Å². The van der Waals surface area contributed by atoms with Gasteiger partial charge < -0.3 is 14.6 Å². The molecule has 0 spiro atoms. The molecule has 0 bridgehead atoms. The Morgan fingerprint density at radius 3 is 2.87 bits per heavy atom. The summed E-state index contributed by atoms with van der Waals surface area (Å²) in [6, 6.07) is 8.78. The quantitative estimate of drug-likeness (QED) is 0.691. The maximum atomic E-state index is 11.9. The number of nitriles is 1. The first-order chi connectivity index (χ1) is 11.2. The van der Waals surface area contributed by atoms with E-state index < -0.39 is 0 Å². The third kappa shape index (κ3) is 3.63. The molecule has 3 heterocycles. The number of rotatable bonds is 3. The van der Waals surface area contributed by atoms with Crippen molar-refractivity contribution in [2.45, 2.75) is 18.9 Å². The Balaban J connectivity index is 1.59. The van der Waals surface area contributed by atoms with Gasteiger partial charge in [0.05, 0.1) is 11.6 Å². The average Bonchev–Trinajstić information content (AvgIpc) is 3.09. The lowest BCUT2D eigenvalue weighted by molar-refractivity contribution is 0.0239. The number of hydrogen-bond acceptors (Lipinski definition) is 5. The minimum atomic E-state index is -0.332. The lowest BCUT2D eigenvalue weighted by Gasteiger charge is -2.32. The summed E-state index contributed by atoms with van der Waals surface area (Å²) in [6.45, 7) is 1.39. The SMILES string of the molecule is N#Cc1cc(Cl)nc(N2CCC(OC(=O)c3ccc[nH]3)CC2)c1. The van der Waals surface area contributed by atoms with Crippen LogP contribution in [0.2, 0.25) is 5.15 Å². The van der Waals surface area contributed by atoms with E-state index in [0.717, 1.165) is 0 Å². The molecule has 118 valence electrons. The van der Waals surface area contributed by atoms with Gasteiger partial charge in [-0.25, -0.2) is 9.78 Å². The maximum absolute atomic E-state index is 11.9. The van der Waals surface area contributed by atoms with Gasteiger partial charge in [0.1, 0.15) is 22.8 Å². The van der Waals surface area contributed by atoms with Crippen LogP contribution in [0.25, 0.3) is 0 Å². The van der Waals surface area contributed by atoms with E-state index in [1.54, 1.807) is 24.4 Å². The molecule has 0 aliphatic carbocycles. The maximum Gasteiger partial charge on any atom is 0.355 e. The second kappa shape index (κ2) is 6.71. The first-order valence-electron chi connectivity index (χ1n) is 7.33. The highest BCUT2D eigenvalue weighted by atomic mass is 35.5. The third-order valence-corrected chi connectivity index (χ3v) is 3.96. The zero-order valence-corrected chi connectivity index (χ0v) is 13.1. The van der Waals surface area contributed by atoms with Crippen LogP contribution in [0.1, 0.15) is 28.9 Å². The van der Waals surface area contributed by atoms with Crippen molar-refractivity contribution in [3.05, 3.63) is 46.9 Å². The lowest BCUT2D eigenvalue weighted by Crippen LogP contribution is -2.38. The number of halogens is 1. The largest absolute Gasteiger partial charge is 0.458 e. The Labute approximate surface area is 138 Å². The molecule has 2 aromatic heterocycles. The van der Waals surface area contributed by atoms with Crippen molar-refractivity contribution >= 4 is 23.4 Å². The molecule has 3 rings (SSSR count). The highest BCUT2D eigenvalue weighted by Crippen LogP contribution is 2.23. The van der Waals surface area contributed by atoms with Crippen LogP contribution in [-0.4, -0.2) is 35.1 Å². The molecule has 6 nitrogen and oxygen atoms in total. The van der Waals surface area contributed by atoms with Crippen molar-refractivity contribution in [2.24, 2.45) is 0 Å². The van der Waals surface area contributed by atoms with Gasteiger partial charge in [0.15, 0.2) is 0 Å². The number of anilines is 1. The van der Waals surface area contributed by atoms with E-state index in [1.807, 2.05) is 4.90 Å². The van der Waals surface area contributed by atoms with Crippen molar-refractivity contribution in [3.8, 4) is 6.07 Å². The van der Waals surface area contributed by atoms with Crippen LogP contribution in [0, 0.1) is 11.3 Å². The number of aromatic amines is 1. The third-order valence-electron chi connectivity index (χ3n) is 3.77. The minimum Gasteiger partial charge on any atom is -0.458 e. The summed E-state index contributed by atoms with van der Waals surface area (Å²) < 4.78 is 5.49. The summed E-state index contributed by atoms with van der Waals surface area (Å²) in [5.74, 6) is 0.351. The topological polar surface area (TPSA) is 82.0 Å². The van der Waals surface area contributed by atoms with Gasteiger partial charge >= 0.3 is 5.97 Å². The number of pyridine rings is 1. The van der Waals surface area contributed by atoms with Crippen molar-refractivity contribution < 1.29 is 9.53 Å². The van der Waals surface area contributed by atoms with Crippen LogP contribution in [0.3, 0.4) is 0 Å². The van der Waals surface area contributed by atoms with Gasteiger partial charge in [-0.15, -0.1) is 0 Å². The number of ether oxygens (including phenoxy) is 1. The van der Waals surface area contributed by atoms with Crippen LogP contribution in [0.15, 0.2) is 30.5 Å². The first-order valence-corrected chi connectivity index (χ1v) is 7.70. The number of nitrogens with one attached hydrogen (secondary N) is 1. The Kier molecular flexibility index (Phi) is 4.49. The zero-order valence-electron chi connectivity index (χ0n) is 12.3. The monoisotopic (exact) mass is 330 g/mol. The first kappa shape index (κ1) is 15.4. The number of nitrogens with zero attached hydrogens (tertiary/aromatic N) is 3. The Morgan fingerprint density at radius 2 is 2.22 bits per heavy atom. The molecule has 0 unspecified atom stereocenters. The van der Waals surface area contributed by atoms with Crippen LogP contribution in [0.4, 0.5) is 5.82 Å². The van der Waals surface area contributed by atoms with E-state index in [1.165, 1.54) is 6.07 Å². The fourth-order valence-electron chi connectivity index (χ4n) is 2.58. The fourth-order valence-corrected chi connectivity index (χ4v) is 2.79. The molecule has 0 radical (unpaired) electrons. The Bertz CT molecular complexity index is 731. The van der Waals surface area contributed by atoms with Crippen molar-refractivity contribution in [1.29, 1.82) is 5.26 Å². The molecule has 2 aromatic rings. The lowest BCUT2D eigenvalue weighted by atomic mass is 10.1. The summed E-state index contributed by atoms with van der Waals surface area (Å²) >= 11 is 5.94. The van der Waals surface area contributed by atoms with E-state index >= 15 is 0 Å². The molecule has 0 saturated carbocycles. The summed E-state index contributed by atoms with van der Waals surface area (Å²) in [4.78, 5) is 21.1. The normalized spacial score (nSPS) is 15.2. The van der Waals surface area contributed by atoms with Gasteiger partial charge in [-0.3, -0.25) is 0 Å². The van der Waals surface area contributed by atoms with Crippen LogP contribution >= 0.6 is 11.6 Å². The van der Waals surface area contributed by atoms with Gasteiger partial charge in [-0.05, 0) is 24.3 Å². The molecule has 1 saturated heterocycles. The second-order valence-corrected chi connectivity index (χ2v) is 5.71. The zero-order chi connectivity index (χ0) is 16.2. The Morgan fingerprint density at radius 1 is 1.43 bits per heavy atom. The predicted octanol–water partition coefficient (Wildman–Crippen LogP) is 2.76. The molecular formula is C16H15ClN4O2. The van der Waals surface area contributed by atoms with E-state index in [-0.39, 0.29) is 12.1 Å². The van der Waals surface area contributed by atoms with Gasteiger partial charge in [0.2, 0.25) is 0 Å². The standard InChI is InChI=1S/C16H15ClN4O2/c17-14-8-11(10-18)9-15(20-14)21-6-3-12(4-7-21)23-16(22)13-2-1-5-19-13/h1-2,5,8-9,12,19H,3-4,6-7H2. The van der Waals surface area contributed by atoms with Gasteiger partial charge in [-0.2, -0.15) is 5.26 Å². The summed E-state index contributed by atoms with van der Waals surface area (Å²) in [5.41, 5.74) is 0.947. The summed E-state index contributed by atoms with van der Waals surface area (Å²) in [6.07, 6.45) is 3.00. The number of hydrogen-bond donors (Lipinski definition) is 1. The number of carbonyl (C=O) groups excluding carboxylic acids is 1. The molecule has 1 aliphatic rings. The number of aromatic nitrogens is 2. The molecular weight excluding hydrogens is 316 g/mol. The van der Waals surface area contributed by atoms with Gasteiger partial charge in [0.25, 0.3) is 0 Å². The van der Waals surface area contributed by atoms with Crippen LogP contribution in [0.5, 0.6) is 0 Å². The fraction of sp³-hybridized carbons (Fsp3) is 0.312. The van der Waals surface area contributed by atoms with Crippen molar-refractivity contribution in [1.82, 2.24) is 9.97 Å². The Hall–Kier alpha value is -2.52. The smallest absolute Gasteiger partial charge is 0.355 e. The number of esters is 1. The highest BCUT2D eigenvalue weighted by molar-refractivity contribution is 6.29. The molecule has 0 amide bonds. The average molecular weight is 331 g/mol. The van der Waals surface area contributed by atoms with Crippen molar-refractivity contribution in [3.63, 3.8) is 0 Å². The number of piperidine rings is 1. The van der Waals surface area contributed by atoms with E-state index in [4.69, 9.17) is 21.6 Å². The molecule has 7 heteroatoms. The predicted molar refractivity (Wildman–Crippen MR) is 85.4 cm³/mol. The minimum absolute atomic E-state index is 0.114. The van der Waals surface area contributed by atoms with Crippen molar-refractivity contribution in [2.75, 3.05) is 18.0 Å². The number of carbonyl (C=O) groups is 1. The highest BCUT2D eigenvalue weighted by Gasteiger charge is 2.24. The molecule has 1 N–H and O–H groups in total. The second-order valence-electron chi connectivity index (χ2n) is 5.32. The molecule has 0 aromatic carbocycles. The molecule has 1 fully saturated rings. The number of H-pyrrole nitrogens is 1. The molecule has 1 aliphatic heterocycles. The summed E-state index contributed by atoms with van der Waals surface area (Å²) in [7, 11) is 0. The summed E-state index contributed by atoms with van der Waals surface area (Å²) in [5, 5.41) is 9.31. The molecule has 0 atom stereocenters. The molecule has 23 heavy (non-hydrogen) atoms. The van der Waals surface area contributed by atoms with E-state index in [9.17, 15) is 4.79 Å². The van der Waals surface area contributed by atoms with Crippen LogP contribution in [-0.2, 0) is 4.74 Å². The van der Waals surface area contributed by atoms with E-state index in [0.29, 0.717) is 48.2 Å². The van der Waals surface area contributed by atoms with Gasteiger partial charge in [0, 0.05) is 32.1 Å². The van der Waals surface area contributed by atoms with E-state index in [2.05, 4.69) is 16.0 Å². The van der Waals surface area contributed by atoms with Crippen LogP contribution < -0.4 is 4.90 Å².